The number of pyridine rings is 1. The molecule has 0 radical (unpaired) electrons. The number of nitrogens with one attached hydrogen (secondary N) is 2. The minimum absolute atomic E-state index is 0.0307. The summed E-state index contributed by atoms with van der Waals surface area (Å²) in [6.45, 7) is 0.183. The number of hydrogen-bond donors (Lipinski definition) is 4. The zero-order valence-electron chi connectivity index (χ0n) is 35.7. The average molecular weight is 1040 g/mol. The maximum atomic E-state index is 11.6. The molecule has 5 rings (SSSR count). The molecule has 0 aliphatic carbocycles. The second-order valence-electron chi connectivity index (χ2n) is 13.4. The number of unbranched alkanes of at least 4 members (excludes halogenated alkanes) is 1. The first kappa shape index (κ1) is 56.7. The molecule has 0 unspecified atom stereocenters. The van der Waals surface area contributed by atoms with Crippen LogP contribution in [0.2, 0.25) is 0 Å². The molecule has 1 aromatic heterocycles. The minimum Gasteiger partial charge on any atom is -0.355 e. The Hall–Kier alpha value is -6.42. The SMILES string of the molecule is NCC(=O)CCCCC(=O)NN.O=C(CBr)NCCC(=O)ON1C(=O)CCC1=O.O=C(CCSSc1ccccn1)ON1C(=O)CCC1=O.O=Cc1ccc(C(=O)ON2C(=O)CCC2=O)cc1. The van der Waals surface area contributed by atoms with Crippen molar-refractivity contribution in [3.05, 3.63) is 59.8 Å². The predicted octanol–water partition coefficient (Wildman–Crippen LogP) is 1.10. The van der Waals surface area contributed by atoms with E-state index in [2.05, 4.69) is 31.1 Å². The molecular weight excluding hydrogens is 993 g/mol. The maximum Gasteiger partial charge on any atom is 0.363 e. The van der Waals surface area contributed by atoms with E-state index in [0.29, 0.717) is 58.5 Å². The molecule has 3 aliphatic rings. The first-order chi connectivity index (χ1) is 32.0. The lowest BCUT2D eigenvalue weighted by Crippen LogP contribution is -2.34. The van der Waals surface area contributed by atoms with E-state index in [1.165, 1.54) is 45.9 Å². The van der Waals surface area contributed by atoms with Gasteiger partial charge in [0.25, 0.3) is 35.4 Å². The largest absolute Gasteiger partial charge is 0.363 e. The number of nitrogens with zero attached hydrogens (tertiary/aromatic N) is 4. The number of aldehydes is 1. The highest BCUT2D eigenvalue weighted by Crippen LogP contribution is 2.29. The van der Waals surface area contributed by atoms with Crippen molar-refractivity contribution < 1.29 is 76.8 Å². The number of nitrogens with two attached hydrogens (primary N) is 2. The normalized spacial score (nSPS) is 13.9. The second-order valence-corrected chi connectivity index (χ2v) is 16.4. The summed E-state index contributed by atoms with van der Waals surface area (Å²) in [5, 5.41) is 4.97. The molecule has 4 heterocycles. The lowest BCUT2D eigenvalue weighted by atomic mass is 10.1. The van der Waals surface area contributed by atoms with Gasteiger partial charge in [0.05, 0.1) is 30.3 Å². The summed E-state index contributed by atoms with van der Waals surface area (Å²) in [7, 11) is 2.92. The Balaban J connectivity index is 0.000000312. The van der Waals surface area contributed by atoms with Crippen LogP contribution in [-0.2, 0) is 67.3 Å². The number of rotatable bonds is 20. The minimum atomic E-state index is -0.809. The average Bonchev–Trinajstić information content (AvgIpc) is 3.95. The van der Waals surface area contributed by atoms with Crippen molar-refractivity contribution in [3.63, 3.8) is 0 Å². The first-order valence-electron chi connectivity index (χ1n) is 20.0. The third-order valence-corrected chi connectivity index (χ3v) is 11.1. The molecule has 362 valence electrons. The number of amides is 8. The molecule has 24 nitrogen and oxygen atoms in total. The Bertz CT molecular complexity index is 2050. The van der Waals surface area contributed by atoms with E-state index in [4.69, 9.17) is 21.3 Å². The number of imide groups is 3. The number of hydrazine groups is 1. The van der Waals surface area contributed by atoms with Gasteiger partial charge in [-0.15, -0.1) is 15.2 Å². The van der Waals surface area contributed by atoms with Gasteiger partial charge in [-0.05, 0) is 47.9 Å². The number of halogens is 1. The molecule has 3 saturated heterocycles. The Kier molecular flexibility index (Phi) is 26.7. The molecule has 67 heavy (non-hydrogen) atoms. The number of Topliss-reactive ketones (excluding diaryl/α,β-unsaturated/α-hetero) is 1. The monoisotopic (exact) mass is 1040 g/mol. The van der Waals surface area contributed by atoms with Crippen LogP contribution in [0.25, 0.3) is 0 Å². The molecule has 3 fully saturated rings. The van der Waals surface area contributed by atoms with Crippen LogP contribution in [0, 0.1) is 0 Å². The summed E-state index contributed by atoms with van der Waals surface area (Å²) in [4.78, 5) is 162. The number of aromatic nitrogens is 1. The number of hydrogen-bond acceptors (Lipinski definition) is 21. The Morgan fingerprint density at radius 1 is 0.687 bits per heavy atom. The molecule has 0 saturated carbocycles. The van der Waals surface area contributed by atoms with Gasteiger partial charge in [0.1, 0.15) is 17.1 Å². The summed E-state index contributed by atoms with van der Waals surface area (Å²) in [6.07, 6.45) is 5.00. The van der Waals surface area contributed by atoms with Crippen LogP contribution >= 0.6 is 37.5 Å². The smallest absolute Gasteiger partial charge is 0.355 e. The van der Waals surface area contributed by atoms with Crippen LogP contribution in [0.15, 0.2) is 53.7 Å². The standard InChI is InChI=1S/C12H12N2O4S2.C12H9NO5.C9H11BrN2O5.C7H15N3O2/c15-10-4-5-11(16)14(10)18-12(17)6-8-19-20-9-3-1-2-7-13-9;14-7-8-1-3-9(4-2-8)12(17)18-13-10(15)5-6-11(13)16;10-5-6(13)11-4-3-9(16)17-12-7(14)1-2-8(12)15;8-5-6(11)3-1-2-4-7(12)10-9/h1-3,7H,4-6,8H2;1-4,7H,5-6H2;1-5H2,(H,11,13);1-5,8-9H2,(H,10,12). The number of benzene rings is 1. The molecule has 0 bridgehead atoms. The van der Waals surface area contributed by atoms with Gasteiger partial charge in [0, 0.05) is 75.4 Å². The van der Waals surface area contributed by atoms with E-state index < -0.39 is 53.4 Å². The summed E-state index contributed by atoms with van der Waals surface area (Å²) in [5.74, 6) is -0.205. The molecule has 27 heteroatoms. The van der Waals surface area contributed by atoms with Crippen LogP contribution in [0.4, 0.5) is 0 Å². The number of alkyl halides is 1. The summed E-state index contributed by atoms with van der Waals surface area (Å²) in [5.41, 5.74) is 7.69. The molecule has 8 amide bonds. The van der Waals surface area contributed by atoms with Gasteiger partial charge in [0.2, 0.25) is 11.8 Å². The third kappa shape index (κ3) is 22.1. The summed E-state index contributed by atoms with van der Waals surface area (Å²) >= 11 is 2.94. The van der Waals surface area contributed by atoms with Gasteiger partial charge in [-0.25, -0.2) is 25.2 Å². The first-order valence-corrected chi connectivity index (χ1v) is 23.5. The Labute approximate surface area is 398 Å². The van der Waals surface area contributed by atoms with Gasteiger partial charge in [-0.1, -0.05) is 44.9 Å². The third-order valence-electron chi connectivity index (χ3n) is 8.30. The van der Waals surface area contributed by atoms with Crippen molar-refractivity contribution in [3.8, 4) is 0 Å². The van der Waals surface area contributed by atoms with Gasteiger partial charge < -0.3 is 25.6 Å². The number of carbonyl (C=O) groups is 13. The van der Waals surface area contributed by atoms with E-state index in [9.17, 15) is 62.3 Å². The van der Waals surface area contributed by atoms with Crippen LogP contribution < -0.4 is 22.3 Å². The van der Waals surface area contributed by atoms with E-state index in [1.54, 1.807) is 6.20 Å². The quantitative estimate of drug-likeness (QED) is 0.0211. The number of hydroxylamine groups is 6. The topological polar surface area (TPSA) is 348 Å². The molecule has 0 atom stereocenters. The predicted molar refractivity (Wildman–Crippen MR) is 236 cm³/mol. The van der Waals surface area contributed by atoms with E-state index in [1.807, 2.05) is 23.6 Å². The molecule has 6 N–H and O–H groups in total. The zero-order valence-corrected chi connectivity index (χ0v) is 38.9. The fraction of sp³-hybridized carbons (Fsp3) is 0.400. The van der Waals surface area contributed by atoms with Crippen molar-refractivity contribution >= 4 is 115 Å². The van der Waals surface area contributed by atoms with Crippen molar-refractivity contribution in [2.24, 2.45) is 11.6 Å². The zero-order chi connectivity index (χ0) is 49.7. The summed E-state index contributed by atoms with van der Waals surface area (Å²) in [6, 6.07) is 11.2. The van der Waals surface area contributed by atoms with Crippen LogP contribution in [-0.4, -0.2) is 122 Å². The molecular formula is C40H47BrN8O16S2. The van der Waals surface area contributed by atoms with Crippen molar-refractivity contribution in [2.75, 3.05) is 24.2 Å². The second kappa shape index (κ2) is 31.5. The Morgan fingerprint density at radius 2 is 1.19 bits per heavy atom. The van der Waals surface area contributed by atoms with Crippen LogP contribution in [0.1, 0.15) is 97.8 Å². The van der Waals surface area contributed by atoms with Crippen molar-refractivity contribution in [1.29, 1.82) is 0 Å². The highest BCUT2D eigenvalue weighted by Gasteiger charge is 2.34. The number of carbonyl (C=O) groups excluding carboxylic acids is 13. The Morgan fingerprint density at radius 3 is 1.66 bits per heavy atom. The highest BCUT2D eigenvalue weighted by molar-refractivity contribution is 9.09. The number of ketones is 1. The van der Waals surface area contributed by atoms with Crippen molar-refractivity contribution in [2.45, 2.75) is 82.1 Å². The fourth-order valence-electron chi connectivity index (χ4n) is 4.86. The highest BCUT2D eigenvalue weighted by atomic mass is 79.9. The van der Waals surface area contributed by atoms with E-state index in [0.717, 1.165) is 5.03 Å². The molecule has 3 aliphatic heterocycles. The molecule has 1 aromatic carbocycles. The van der Waals surface area contributed by atoms with Gasteiger partial charge in [-0.2, -0.15) is 0 Å². The lowest BCUT2D eigenvalue weighted by molar-refractivity contribution is -0.197. The van der Waals surface area contributed by atoms with Gasteiger partial charge in [0.15, 0.2) is 0 Å². The summed E-state index contributed by atoms with van der Waals surface area (Å²) < 4.78 is 0. The maximum absolute atomic E-state index is 11.6. The van der Waals surface area contributed by atoms with E-state index >= 15 is 0 Å². The van der Waals surface area contributed by atoms with Gasteiger partial charge in [-0.3, -0.25) is 53.4 Å². The van der Waals surface area contributed by atoms with E-state index in [-0.39, 0.29) is 92.9 Å². The van der Waals surface area contributed by atoms with Gasteiger partial charge >= 0.3 is 17.9 Å². The van der Waals surface area contributed by atoms with Crippen LogP contribution in [0.5, 0.6) is 0 Å². The fourth-order valence-corrected chi connectivity index (χ4v) is 6.91. The molecule has 2 aromatic rings. The van der Waals surface area contributed by atoms with Crippen molar-refractivity contribution in [1.82, 2.24) is 30.9 Å². The lowest BCUT2D eigenvalue weighted by Gasteiger charge is -2.12. The molecule has 0 spiro atoms. The van der Waals surface area contributed by atoms with Crippen LogP contribution in [0.3, 0.4) is 0 Å².